The third-order valence-corrected chi connectivity index (χ3v) is 3.60. The summed E-state index contributed by atoms with van der Waals surface area (Å²) >= 11 is 0. The van der Waals surface area contributed by atoms with E-state index in [4.69, 9.17) is 19.5 Å². The molecular formula is C21H21N3O5. The number of carbonyl (C=O) groups excluding carboxylic acids is 2. The van der Waals surface area contributed by atoms with Crippen molar-refractivity contribution in [3.8, 4) is 23.3 Å². The lowest BCUT2D eigenvalue weighted by molar-refractivity contribution is -0.131. The van der Waals surface area contributed by atoms with Gasteiger partial charge in [0.2, 0.25) is 0 Å². The summed E-state index contributed by atoms with van der Waals surface area (Å²) in [5, 5.41) is 8.73. The van der Waals surface area contributed by atoms with Gasteiger partial charge in [0, 0.05) is 0 Å². The number of amides is 2. The average Bonchev–Trinajstić information content (AvgIpc) is 2.75. The molecule has 0 aliphatic carbocycles. The Hall–Kier alpha value is -3.99. The molecule has 0 radical (unpaired) electrons. The fraction of sp³-hybridized carbons (Fsp3) is 0.190. The summed E-state index contributed by atoms with van der Waals surface area (Å²) < 4.78 is 16.0. The topological polar surface area (TPSA) is 110 Å². The lowest BCUT2D eigenvalue weighted by Crippen LogP contribution is -2.45. The van der Waals surface area contributed by atoms with Gasteiger partial charge in [0.05, 0.1) is 18.7 Å². The summed E-state index contributed by atoms with van der Waals surface area (Å²) in [6.45, 7) is 1.30. The maximum atomic E-state index is 11.9. The molecule has 2 N–H and O–H groups in total. The van der Waals surface area contributed by atoms with E-state index in [9.17, 15) is 9.59 Å². The van der Waals surface area contributed by atoms with Gasteiger partial charge in [0.15, 0.2) is 24.7 Å². The molecule has 0 spiro atoms. The van der Waals surface area contributed by atoms with Crippen molar-refractivity contribution in [3.63, 3.8) is 0 Å². The molecule has 0 saturated heterocycles. The number of ether oxygens (including phenoxy) is 3. The Morgan fingerprint density at radius 2 is 1.66 bits per heavy atom. The van der Waals surface area contributed by atoms with Crippen LogP contribution in [0.4, 0.5) is 0 Å². The molecule has 0 unspecified atom stereocenters. The lowest BCUT2D eigenvalue weighted by Gasteiger charge is -2.12. The monoisotopic (exact) mass is 395 g/mol. The standard InChI is InChI=1S/C21H21N3O5/c1-3-4-15-7-10-18(19(11-15)27-2)29-14-21(26)24-23-20(25)13-28-17-8-5-16(12-22)6-9-17/h3-11H,13-14H2,1-2H3,(H,23,25)(H,24,26)/b4-3+. The zero-order valence-electron chi connectivity index (χ0n) is 16.1. The predicted octanol–water partition coefficient (Wildman–Crippen LogP) is 2.21. The van der Waals surface area contributed by atoms with Crippen LogP contribution in [0.15, 0.2) is 48.5 Å². The number of rotatable bonds is 8. The van der Waals surface area contributed by atoms with Crippen LogP contribution in [0.25, 0.3) is 6.08 Å². The molecular weight excluding hydrogens is 374 g/mol. The molecule has 0 aliphatic rings. The summed E-state index contributed by atoms with van der Waals surface area (Å²) in [7, 11) is 1.51. The molecule has 0 heterocycles. The van der Waals surface area contributed by atoms with Gasteiger partial charge in [-0.15, -0.1) is 0 Å². The number of hydrogen-bond donors (Lipinski definition) is 2. The van der Waals surface area contributed by atoms with Crippen molar-refractivity contribution in [1.29, 1.82) is 5.26 Å². The van der Waals surface area contributed by atoms with E-state index >= 15 is 0 Å². The van der Waals surface area contributed by atoms with Gasteiger partial charge in [-0.1, -0.05) is 18.2 Å². The van der Waals surface area contributed by atoms with Gasteiger partial charge in [-0.3, -0.25) is 20.4 Å². The van der Waals surface area contributed by atoms with Crippen molar-refractivity contribution in [2.75, 3.05) is 20.3 Å². The molecule has 8 heteroatoms. The molecule has 2 amide bonds. The molecule has 8 nitrogen and oxygen atoms in total. The van der Waals surface area contributed by atoms with Crippen LogP contribution in [-0.2, 0) is 9.59 Å². The smallest absolute Gasteiger partial charge is 0.276 e. The van der Waals surface area contributed by atoms with Gasteiger partial charge in [-0.05, 0) is 48.9 Å². The molecule has 150 valence electrons. The van der Waals surface area contributed by atoms with Crippen LogP contribution in [0.5, 0.6) is 17.2 Å². The van der Waals surface area contributed by atoms with Gasteiger partial charge >= 0.3 is 0 Å². The highest BCUT2D eigenvalue weighted by atomic mass is 16.5. The van der Waals surface area contributed by atoms with Gasteiger partial charge < -0.3 is 14.2 Å². The maximum Gasteiger partial charge on any atom is 0.276 e. The number of hydrazine groups is 1. The molecule has 2 rings (SSSR count). The third-order valence-electron chi connectivity index (χ3n) is 3.60. The molecule has 0 aliphatic heterocycles. The molecule has 0 aromatic heterocycles. The van der Waals surface area contributed by atoms with Crippen molar-refractivity contribution in [1.82, 2.24) is 10.9 Å². The zero-order valence-corrected chi connectivity index (χ0v) is 16.1. The largest absolute Gasteiger partial charge is 0.493 e. The van der Waals surface area contributed by atoms with E-state index in [0.717, 1.165) is 5.56 Å². The number of allylic oxidation sites excluding steroid dienone is 1. The summed E-state index contributed by atoms with van der Waals surface area (Å²) in [4.78, 5) is 23.6. The average molecular weight is 395 g/mol. The van der Waals surface area contributed by atoms with E-state index < -0.39 is 11.8 Å². The Kier molecular flexibility index (Phi) is 8.08. The van der Waals surface area contributed by atoms with Crippen LogP contribution in [0, 0.1) is 11.3 Å². The number of benzene rings is 2. The summed E-state index contributed by atoms with van der Waals surface area (Å²) in [6.07, 6.45) is 3.81. The first kappa shape index (κ1) is 21.3. The van der Waals surface area contributed by atoms with Crippen molar-refractivity contribution in [3.05, 3.63) is 59.7 Å². The molecule has 0 fully saturated rings. The van der Waals surface area contributed by atoms with E-state index in [2.05, 4.69) is 10.9 Å². The first-order valence-corrected chi connectivity index (χ1v) is 8.70. The minimum Gasteiger partial charge on any atom is -0.493 e. The van der Waals surface area contributed by atoms with Gasteiger partial charge in [-0.25, -0.2) is 0 Å². The van der Waals surface area contributed by atoms with Crippen LogP contribution in [0.1, 0.15) is 18.1 Å². The second-order valence-electron chi connectivity index (χ2n) is 5.72. The highest BCUT2D eigenvalue weighted by Crippen LogP contribution is 2.28. The first-order valence-electron chi connectivity index (χ1n) is 8.70. The van der Waals surface area contributed by atoms with Crippen LogP contribution >= 0.6 is 0 Å². The third kappa shape index (κ3) is 6.92. The number of carbonyl (C=O) groups is 2. The highest BCUT2D eigenvalue weighted by molar-refractivity contribution is 5.83. The zero-order chi connectivity index (χ0) is 21.1. The molecule has 2 aromatic carbocycles. The number of methoxy groups -OCH3 is 1. The van der Waals surface area contributed by atoms with Gasteiger partial charge in [0.1, 0.15) is 5.75 Å². The van der Waals surface area contributed by atoms with Crippen molar-refractivity contribution < 1.29 is 23.8 Å². The molecule has 2 aromatic rings. The van der Waals surface area contributed by atoms with E-state index in [-0.39, 0.29) is 13.2 Å². The Morgan fingerprint density at radius 1 is 1.00 bits per heavy atom. The van der Waals surface area contributed by atoms with Crippen LogP contribution in [0.2, 0.25) is 0 Å². The summed E-state index contributed by atoms with van der Waals surface area (Å²) in [5.74, 6) is 0.245. The maximum absolute atomic E-state index is 11.9. The van der Waals surface area contributed by atoms with Crippen LogP contribution < -0.4 is 25.1 Å². The van der Waals surface area contributed by atoms with Crippen molar-refractivity contribution >= 4 is 17.9 Å². The summed E-state index contributed by atoms with van der Waals surface area (Å²) in [6, 6.07) is 13.6. The Balaban J connectivity index is 1.75. The van der Waals surface area contributed by atoms with Crippen LogP contribution in [-0.4, -0.2) is 32.1 Å². The number of nitriles is 1. The number of nitrogens with zero attached hydrogens (tertiary/aromatic N) is 1. The fourth-order valence-electron chi connectivity index (χ4n) is 2.23. The molecule has 29 heavy (non-hydrogen) atoms. The van der Waals surface area contributed by atoms with E-state index in [1.807, 2.05) is 31.2 Å². The normalized spacial score (nSPS) is 10.1. The molecule has 0 atom stereocenters. The van der Waals surface area contributed by atoms with E-state index in [1.165, 1.54) is 7.11 Å². The predicted molar refractivity (Wildman–Crippen MR) is 106 cm³/mol. The van der Waals surface area contributed by atoms with E-state index in [0.29, 0.717) is 22.8 Å². The Morgan fingerprint density at radius 3 is 2.24 bits per heavy atom. The highest BCUT2D eigenvalue weighted by Gasteiger charge is 2.09. The Labute approximate surface area is 168 Å². The molecule has 0 saturated carbocycles. The summed E-state index contributed by atoms with van der Waals surface area (Å²) in [5.41, 5.74) is 5.90. The van der Waals surface area contributed by atoms with Gasteiger partial charge in [-0.2, -0.15) is 5.26 Å². The Bertz CT molecular complexity index is 917. The van der Waals surface area contributed by atoms with Crippen molar-refractivity contribution in [2.24, 2.45) is 0 Å². The number of nitrogens with one attached hydrogen (secondary N) is 2. The second-order valence-corrected chi connectivity index (χ2v) is 5.72. The van der Waals surface area contributed by atoms with Crippen LogP contribution in [0.3, 0.4) is 0 Å². The quantitative estimate of drug-likeness (QED) is 0.663. The second kappa shape index (κ2) is 11.0. The van der Waals surface area contributed by atoms with Gasteiger partial charge in [0.25, 0.3) is 11.8 Å². The first-order chi connectivity index (χ1) is 14.0. The minimum atomic E-state index is -0.545. The SMILES string of the molecule is C/C=C/c1ccc(OCC(=O)NNC(=O)COc2ccc(C#N)cc2)c(OC)c1. The fourth-order valence-corrected chi connectivity index (χ4v) is 2.23. The minimum absolute atomic E-state index is 0.298. The number of hydrogen-bond acceptors (Lipinski definition) is 6. The molecule has 0 bridgehead atoms. The van der Waals surface area contributed by atoms with Crippen molar-refractivity contribution in [2.45, 2.75) is 6.92 Å². The van der Waals surface area contributed by atoms with E-state index in [1.54, 1.807) is 36.4 Å². The lowest BCUT2D eigenvalue weighted by atomic mass is 10.2.